The highest BCUT2D eigenvalue weighted by molar-refractivity contribution is 5.79. The summed E-state index contributed by atoms with van der Waals surface area (Å²) in [5, 5.41) is 0. The van der Waals surface area contributed by atoms with Crippen molar-refractivity contribution in [2.75, 3.05) is 0 Å². The van der Waals surface area contributed by atoms with E-state index in [-0.39, 0.29) is 0 Å². The number of ketones is 1. The number of Topliss-reactive ketones (excluding diaryl/α,β-unsaturated/α-hetero) is 1. The molecule has 0 aromatic heterocycles. The average Bonchev–Trinajstić information content (AvgIpc) is 2.01. The quantitative estimate of drug-likeness (QED) is 0.556. The van der Waals surface area contributed by atoms with Gasteiger partial charge in [-0.05, 0) is 32.1 Å². The van der Waals surface area contributed by atoms with E-state index in [0.717, 1.165) is 25.7 Å². The van der Waals surface area contributed by atoms with Crippen LogP contribution in [0.15, 0.2) is 12.2 Å². The van der Waals surface area contributed by atoms with Gasteiger partial charge < -0.3 is 0 Å². The van der Waals surface area contributed by atoms with Crippen molar-refractivity contribution in [3.05, 3.63) is 12.2 Å². The molecule has 11 heavy (non-hydrogen) atoms. The molecule has 62 valence electrons. The molecule has 1 heteroatoms. The van der Waals surface area contributed by atoms with E-state index < -0.39 is 0 Å². The van der Waals surface area contributed by atoms with Crippen LogP contribution in [0.3, 0.4) is 0 Å². The van der Waals surface area contributed by atoms with Crippen LogP contribution in [-0.4, -0.2) is 5.78 Å². The molecule has 1 aliphatic carbocycles. The Morgan fingerprint density at radius 3 is 3.09 bits per heavy atom. The van der Waals surface area contributed by atoms with E-state index in [9.17, 15) is 4.79 Å². The molecule has 1 unspecified atom stereocenters. The van der Waals surface area contributed by atoms with Crippen LogP contribution < -0.4 is 0 Å². The van der Waals surface area contributed by atoms with E-state index in [2.05, 4.69) is 12.2 Å². The van der Waals surface area contributed by atoms with Crippen LogP contribution in [0.1, 0.15) is 39.0 Å². The first-order chi connectivity index (χ1) is 5.33. The number of hydrogen-bond acceptors (Lipinski definition) is 1. The molecule has 0 aromatic carbocycles. The maximum Gasteiger partial charge on any atom is 0.133 e. The van der Waals surface area contributed by atoms with Crippen molar-refractivity contribution in [2.45, 2.75) is 39.0 Å². The Kier molecular flexibility index (Phi) is 3.34. The summed E-state index contributed by atoms with van der Waals surface area (Å²) < 4.78 is 0. The average molecular weight is 152 g/mol. The van der Waals surface area contributed by atoms with Gasteiger partial charge in [-0.25, -0.2) is 0 Å². The van der Waals surface area contributed by atoms with Gasteiger partial charge >= 0.3 is 0 Å². The van der Waals surface area contributed by atoms with Gasteiger partial charge in [0, 0.05) is 12.8 Å². The second-order valence-corrected chi connectivity index (χ2v) is 3.31. The van der Waals surface area contributed by atoms with Gasteiger partial charge in [0.15, 0.2) is 0 Å². The predicted molar refractivity (Wildman–Crippen MR) is 46.4 cm³/mol. The molecule has 0 radical (unpaired) electrons. The Labute approximate surface area is 68.5 Å². The van der Waals surface area contributed by atoms with Crippen LogP contribution >= 0.6 is 0 Å². The molecule has 0 aromatic rings. The van der Waals surface area contributed by atoms with Crippen molar-refractivity contribution >= 4 is 5.78 Å². The molecule has 0 aliphatic heterocycles. The SMILES string of the molecule is CC=CCC1CCCC(=O)C1. The van der Waals surface area contributed by atoms with Crippen LogP contribution in [0, 0.1) is 5.92 Å². The highest BCUT2D eigenvalue weighted by atomic mass is 16.1. The fourth-order valence-corrected chi connectivity index (χ4v) is 1.64. The number of rotatable bonds is 2. The van der Waals surface area contributed by atoms with Crippen molar-refractivity contribution in [2.24, 2.45) is 5.92 Å². The molecule has 0 spiro atoms. The largest absolute Gasteiger partial charge is 0.300 e. The maximum absolute atomic E-state index is 11.0. The summed E-state index contributed by atoms with van der Waals surface area (Å²) in [6.07, 6.45) is 9.35. The topological polar surface area (TPSA) is 17.1 Å². The molecular formula is C10H16O. The van der Waals surface area contributed by atoms with Gasteiger partial charge in [0.1, 0.15) is 5.78 Å². The lowest BCUT2D eigenvalue weighted by Crippen LogP contribution is -2.13. The summed E-state index contributed by atoms with van der Waals surface area (Å²) >= 11 is 0. The van der Waals surface area contributed by atoms with Crippen LogP contribution in [0.2, 0.25) is 0 Å². The van der Waals surface area contributed by atoms with Gasteiger partial charge in [-0.2, -0.15) is 0 Å². The molecule has 0 heterocycles. The molecule has 1 fully saturated rings. The van der Waals surface area contributed by atoms with Gasteiger partial charge in [-0.3, -0.25) is 4.79 Å². The monoisotopic (exact) mass is 152 g/mol. The van der Waals surface area contributed by atoms with Crippen LogP contribution in [-0.2, 0) is 4.79 Å². The second-order valence-electron chi connectivity index (χ2n) is 3.31. The first-order valence-electron chi connectivity index (χ1n) is 4.45. The number of hydrogen-bond donors (Lipinski definition) is 0. The lowest BCUT2D eigenvalue weighted by Gasteiger charge is -2.18. The van der Waals surface area contributed by atoms with Gasteiger partial charge in [0.2, 0.25) is 0 Å². The van der Waals surface area contributed by atoms with Gasteiger partial charge in [-0.1, -0.05) is 12.2 Å². The van der Waals surface area contributed by atoms with Crippen molar-refractivity contribution in [1.82, 2.24) is 0 Å². The summed E-state index contributed by atoms with van der Waals surface area (Å²) in [7, 11) is 0. The van der Waals surface area contributed by atoms with Crippen molar-refractivity contribution in [3.63, 3.8) is 0 Å². The third-order valence-electron chi connectivity index (χ3n) is 2.29. The zero-order valence-corrected chi connectivity index (χ0v) is 7.18. The minimum atomic E-state index is 0.464. The highest BCUT2D eigenvalue weighted by Crippen LogP contribution is 2.24. The van der Waals surface area contributed by atoms with Crippen molar-refractivity contribution < 1.29 is 4.79 Å². The van der Waals surface area contributed by atoms with Gasteiger partial charge in [-0.15, -0.1) is 0 Å². The zero-order valence-electron chi connectivity index (χ0n) is 7.18. The second kappa shape index (κ2) is 4.32. The molecule has 1 atom stereocenters. The Morgan fingerprint density at radius 1 is 1.64 bits per heavy atom. The van der Waals surface area contributed by atoms with E-state index in [4.69, 9.17) is 0 Å². The van der Waals surface area contributed by atoms with Gasteiger partial charge in [0.05, 0.1) is 0 Å². The first-order valence-corrected chi connectivity index (χ1v) is 4.45. The summed E-state index contributed by atoms with van der Waals surface area (Å²) in [4.78, 5) is 11.0. The summed E-state index contributed by atoms with van der Waals surface area (Å²) in [5.41, 5.74) is 0. The smallest absolute Gasteiger partial charge is 0.133 e. The minimum Gasteiger partial charge on any atom is -0.300 e. The zero-order chi connectivity index (χ0) is 8.10. The van der Waals surface area contributed by atoms with E-state index in [1.807, 2.05) is 6.92 Å². The lowest BCUT2D eigenvalue weighted by atomic mass is 9.86. The molecule has 1 saturated carbocycles. The van der Waals surface area contributed by atoms with Crippen LogP contribution in [0.25, 0.3) is 0 Å². The highest BCUT2D eigenvalue weighted by Gasteiger charge is 2.17. The normalized spacial score (nSPS) is 26.3. The van der Waals surface area contributed by atoms with Crippen molar-refractivity contribution in [1.29, 1.82) is 0 Å². The summed E-state index contributed by atoms with van der Waals surface area (Å²) in [5.74, 6) is 1.11. The predicted octanol–water partition coefficient (Wildman–Crippen LogP) is 2.71. The number of carbonyl (C=O) groups excluding carboxylic acids is 1. The minimum absolute atomic E-state index is 0.464. The molecule has 1 rings (SSSR count). The summed E-state index contributed by atoms with van der Waals surface area (Å²) in [6.45, 7) is 2.03. The van der Waals surface area contributed by atoms with E-state index in [1.165, 1.54) is 6.42 Å². The molecule has 0 saturated heterocycles. The Hall–Kier alpha value is -0.590. The molecule has 0 amide bonds. The fraction of sp³-hybridized carbons (Fsp3) is 0.700. The third-order valence-corrected chi connectivity index (χ3v) is 2.29. The first kappa shape index (κ1) is 8.51. The van der Waals surface area contributed by atoms with E-state index >= 15 is 0 Å². The summed E-state index contributed by atoms with van der Waals surface area (Å²) in [6, 6.07) is 0. The lowest BCUT2D eigenvalue weighted by molar-refractivity contribution is -0.121. The Bertz CT molecular complexity index is 158. The molecular weight excluding hydrogens is 136 g/mol. The van der Waals surface area contributed by atoms with Crippen LogP contribution in [0.5, 0.6) is 0 Å². The molecule has 0 bridgehead atoms. The number of allylic oxidation sites excluding steroid dienone is 2. The third kappa shape index (κ3) is 2.87. The van der Waals surface area contributed by atoms with Crippen LogP contribution in [0.4, 0.5) is 0 Å². The molecule has 0 N–H and O–H groups in total. The fourth-order valence-electron chi connectivity index (χ4n) is 1.64. The molecule has 1 nitrogen and oxygen atoms in total. The standard InChI is InChI=1S/C10H16O/c1-2-3-5-9-6-4-7-10(11)8-9/h2-3,9H,4-8H2,1H3. The number of carbonyl (C=O) groups is 1. The molecule has 1 aliphatic rings. The van der Waals surface area contributed by atoms with E-state index in [1.54, 1.807) is 0 Å². The Morgan fingerprint density at radius 2 is 2.45 bits per heavy atom. The van der Waals surface area contributed by atoms with Gasteiger partial charge in [0.25, 0.3) is 0 Å². The van der Waals surface area contributed by atoms with Crippen molar-refractivity contribution in [3.8, 4) is 0 Å². The van der Waals surface area contributed by atoms with E-state index in [0.29, 0.717) is 11.7 Å². The Balaban J connectivity index is 2.28. The maximum atomic E-state index is 11.0.